The van der Waals surface area contributed by atoms with E-state index in [1.165, 1.54) is 0 Å². The van der Waals surface area contributed by atoms with Crippen molar-refractivity contribution in [3.8, 4) is 0 Å². The minimum Gasteiger partial charge on any atom is -0.377 e. The highest BCUT2D eigenvalue weighted by Gasteiger charge is 2.14. The summed E-state index contributed by atoms with van der Waals surface area (Å²) in [5.41, 5.74) is 0.869. The van der Waals surface area contributed by atoms with Gasteiger partial charge in [-0.25, -0.2) is 8.78 Å². The van der Waals surface area contributed by atoms with Gasteiger partial charge in [0.1, 0.15) is 5.82 Å². The third-order valence-electron chi connectivity index (χ3n) is 2.80. The Morgan fingerprint density at radius 1 is 1.30 bits per heavy atom. The summed E-state index contributed by atoms with van der Waals surface area (Å²) in [6.07, 6.45) is 3.58. The molecule has 0 fully saturated rings. The fourth-order valence-corrected chi connectivity index (χ4v) is 1.98. The van der Waals surface area contributed by atoms with Gasteiger partial charge in [0.2, 0.25) is 0 Å². The molecule has 0 atom stereocenters. The van der Waals surface area contributed by atoms with Crippen molar-refractivity contribution < 1.29 is 8.78 Å². The van der Waals surface area contributed by atoms with Gasteiger partial charge in [-0.2, -0.15) is 5.10 Å². The average Bonchev–Trinajstić information content (AvgIpc) is 2.75. The van der Waals surface area contributed by atoms with Crippen molar-refractivity contribution in [2.24, 2.45) is 0 Å². The summed E-state index contributed by atoms with van der Waals surface area (Å²) >= 11 is 5.82. The molecule has 0 aliphatic carbocycles. The van der Waals surface area contributed by atoms with Crippen LogP contribution in [0.2, 0.25) is 5.02 Å². The second-order valence-electron chi connectivity index (χ2n) is 5.56. The third kappa shape index (κ3) is 3.28. The number of hydrogen-bond donors (Lipinski definition) is 1. The molecule has 0 unspecified atom stereocenters. The summed E-state index contributed by atoms with van der Waals surface area (Å²) in [7, 11) is 0. The summed E-state index contributed by atoms with van der Waals surface area (Å²) in [4.78, 5) is 0. The van der Waals surface area contributed by atoms with Gasteiger partial charge in [-0.3, -0.25) is 4.68 Å². The van der Waals surface area contributed by atoms with Crippen molar-refractivity contribution in [2.75, 3.05) is 5.32 Å². The number of benzene rings is 1. The van der Waals surface area contributed by atoms with Gasteiger partial charge in [-0.1, -0.05) is 11.6 Å². The Labute approximate surface area is 121 Å². The first-order valence-electron chi connectivity index (χ1n) is 6.20. The van der Waals surface area contributed by atoms with Gasteiger partial charge >= 0.3 is 0 Å². The monoisotopic (exact) mass is 299 g/mol. The van der Waals surface area contributed by atoms with Crippen LogP contribution >= 0.6 is 11.6 Å². The van der Waals surface area contributed by atoms with Crippen LogP contribution < -0.4 is 5.32 Å². The zero-order valence-corrected chi connectivity index (χ0v) is 12.3. The smallest absolute Gasteiger partial charge is 0.150 e. The summed E-state index contributed by atoms with van der Waals surface area (Å²) < 4.78 is 28.4. The van der Waals surface area contributed by atoms with Gasteiger partial charge in [0.25, 0.3) is 0 Å². The highest BCUT2D eigenvalue weighted by atomic mass is 35.5. The third-order valence-corrected chi connectivity index (χ3v) is 3.10. The van der Waals surface area contributed by atoms with Gasteiger partial charge in [-0.05, 0) is 26.8 Å². The molecule has 0 spiro atoms. The normalized spacial score (nSPS) is 11.7. The Hall–Kier alpha value is -1.62. The first-order valence-corrected chi connectivity index (χ1v) is 6.57. The molecular formula is C14H16ClF2N3. The van der Waals surface area contributed by atoms with E-state index in [4.69, 9.17) is 11.6 Å². The van der Waals surface area contributed by atoms with E-state index in [1.54, 1.807) is 6.20 Å². The van der Waals surface area contributed by atoms with Gasteiger partial charge < -0.3 is 5.32 Å². The molecule has 0 amide bonds. The lowest BCUT2D eigenvalue weighted by atomic mass is 10.1. The van der Waals surface area contributed by atoms with Crippen LogP contribution in [-0.4, -0.2) is 9.78 Å². The molecule has 1 aromatic heterocycles. The Balaban J connectivity index is 2.12. The molecule has 0 aliphatic heterocycles. The highest BCUT2D eigenvalue weighted by Crippen LogP contribution is 2.27. The molecule has 108 valence electrons. The summed E-state index contributed by atoms with van der Waals surface area (Å²) in [5, 5.41) is 7.13. The van der Waals surface area contributed by atoms with Crippen molar-refractivity contribution in [2.45, 2.75) is 32.9 Å². The first-order chi connectivity index (χ1) is 9.27. The Morgan fingerprint density at radius 2 is 2.00 bits per heavy atom. The molecule has 2 aromatic rings. The van der Waals surface area contributed by atoms with Crippen LogP contribution in [0.3, 0.4) is 0 Å². The molecule has 3 nitrogen and oxygen atoms in total. The van der Waals surface area contributed by atoms with Crippen LogP contribution in [0.4, 0.5) is 14.5 Å². The van der Waals surface area contributed by atoms with Crippen molar-refractivity contribution in [3.05, 3.63) is 46.7 Å². The topological polar surface area (TPSA) is 29.9 Å². The lowest BCUT2D eigenvalue weighted by molar-refractivity contribution is 0.355. The number of anilines is 1. The number of nitrogens with zero attached hydrogens (tertiary/aromatic N) is 2. The SMILES string of the molecule is CC(C)(C)n1cc(CNc2c(F)cc(F)cc2Cl)cn1. The Bertz CT molecular complexity index is 594. The van der Waals surface area contributed by atoms with E-state index in [9.17, 15) is 8.78 Å². The molecule has 1 heterocycles. The molecule has 1 N–H and O–H groups in total. The minimum atomic E-state index is -0.710. The van der Waals surface area contributed by atoms with Crippen LogP contribution in [0.25, 0.3) is 0 Å². The summed E-state index contributed by atoms with van der Waals surface area (Å²) in [6.45, 7) is 6.47. The maximum atomic E-state index is 13.6. The quantitative estimate of drug-likeness (QED) is 0.921. The van der Waals surface area contributed by atoms with E-state index in [1.807, 2.05) is 31.6 Å². The van der Waals surface area contributed by atoms with Gasteiger partial charge in [0.15, 0.2) is 5.82 Å². The highest BCUT2D eigenvalue weighted by molar-refractivity contribution is 6.33. The number of aromatic nitrogens is 2. The van der Waals surface area contributed by atoms with E-state index >= 15 is 0 Å². The molecule has 0 aliphatic rings. The van der Waals surface area contributed by atoms with Crippen LogP contribution in [0.1, 0.15) is 26.3 Å². The largest absolute Gasteiger partial charge is 0.377 e. The molecule has 20 heavy (non-hydrogen) atoms. The van der Waals surface area contributed by atoms with E-state index in [2.05, 4.69) is 10.4 Å². The Morgan fingerprint density at radius 3 is 2.55 bits per heavy atom. The average molecular weight is 300 g/mol. The maximum absolute atomic E-state index is 13.6. The summed E-state index contributed by atoms with van der Waals surface area (Å²) in [5.74, 6) is -1.41. The van der Waals surface area contributed by atoms with Crippen LogP contribution in [-0.2, 0) is 12.1 Å². The molecule has 0 saturated carbocycles. The lowest BCUT2D eigenvalue weighted by Crippen LogP contribution is -2.22. The van der Waals surface area contributed by atoms with E-state index in [-0.39, 0.29) is 16.2 Å². The minimum absolute atomic E-state index is 0.0192. The van der Waals surface area contributed by atoms with Crippen LogP contribution in [0.5, 0.6) is 0 Å². The van der Waals surface area contributed by atoms with E-state index in [0.29, 0.717) is 6.54 Å². The predicted molar refractivity (Wildman–Crippen MR) is 75.9 cm³/mol. The fourth-order valence-electron chi connectivity index (χ4n) is 1.72. The van der Waals surface area contributed by atoms with Crippen molar-refractivity contribution in [1.82, 2.24) is 9.78 Å². The second-order valence-corrected chi connectivity index (χ2v) is 5.97. The fraction of sp³-hybridized carbons (Fsp3) is 0.357. The number of halogens is 3. The summed E-state index contributed by atoms with van der Waals surface area (Å²) in [6, 6.07) is 1.87. The number of rotatable bonds is 3. The second kappa shape index (κ2) is 5.40. The zero-order chi connectivity index (χ0) is 14.9. The molecule has 1 aromatic carbocycles. The van der Waals surface area contributed by atoms with E-state index in [0.717, 1.165) is 17.7 Å². The molecule has 2 rings (SSSR count). The van der Waals surface area contributed by atoms with Crippen LogP contribution in [0.15, 0.2) is 24.5 Å². The molecule has 0 radical (unpaired) electrons. The number of hydrogen-bond acceptors (Lipinski definition) is 2. The van der Waals surface area contributed by atoms with Gasteiger partial charge in [0.05, 0.1) is 22.4 Å². The number of nitrogens with one attached hydrogen (secondary N) is 1. The van der Waals surface area contributed by atoms with Crippen molar-refractivity contribution in [3.63, 3.8) is 0 Å². The van der Waals surface area contributed by atoms with Gasteiger partial charge in [0, 0.05) is 24.4 Å². The molecule has 0 bridgehead atoms. The van der Waals surface area contributed by atoms with Crippen molar-refractivity contribution in [1.29, 1.82) is 0 Å². The molecular weight excluding hydrogens is 284 g/mol. The standard InChI is InChI=1S/C14H16ClF2N3/c1-14(2,3)20-8-9(7-19-20)6-18-13-11(15)4-10(16)5-12(13)17/h4-5,7-8,18H,6H2,1-3H3. The lowest BCUT2D eigenvalue weighted by Gasteiger charge is -2.18. The molecule has 0 saturated heterocycles. The van der Waals surface area contributed by atoms with Crippen molar-refractivity contribution >= 4 is 17.3 Å². The van der Waals surface area contributed by atoms with Gasteiger partial charge in [-0.15, -0.1) is 0 Å². The Kier molecular flexibility index (Phi) is 3.99. The maximum Gasteiger partial charge on any atom is 0.150 e. The predicted octanol–water partition coefficient (Wildman–Crippen LogP) is 4.18. The first kappa shape index (κ1) is 14.8. The zero-order valence-electron chi connectivity index (χ0n) is 11.5. The van der Waals surface area contributed by atoms with E-state index < -0.39 is 11.6 Å². The molecule has 6 heteroatoms. The van der Waals surface area contributed by atoms with Crippen LogP contribution in [0, 0.1) is 11.6 Å².